The first kappa shape index (κ1) is 9.53. The lowest BCUT2D eigenvalue weighted by Crippen LogP contribution is -2.02. The normalized spacial score (nSPS) is 15.3. The van der Waals surface area contributed by atoms with Crippen molar-refractivity contribution in [2.45, 2.75) is 12.8 Å². The summed E-state index contributed by atoms with van der Waals surface area (Å²) in [4.78, 5) is 11.7. The Morgan fingerprint density at radius 2 is 2.21 bits per heavy atom. The number of carbonyl (C=O) groups is 1. The Kier molecular flexibility index (Phi) is 2.46. The number of hydrogen-bond donors (Lipinski definition) is 0. The Labute approximate surface area is 87.8 Å². The number of rotatable bonds is 3. The predicted molar refractivity (Wildman–Crippen MR) is 55.1 cm³/mol. The Morgan fingerprint density at radius 3 is 2.71 bits per heavy atom. The van der Waals surface area contributed by atoms with Crippen LogP contribution in [0, 0.1) is 5.92 Å². The van der Waals surface area contributed by atoms with E-state index in [0.29, 0.717) is 16.3 Å². The van der Waals surface area contributed by atoms with Gasteiger partial charge in [0.05, 0.1) is 12.1 Å². The van der Waals surface area contributed by atoms with E-state index in [1.165, 1.54) is 0 Å². The van der Waals surface area contributed by atoms with Crippen molar-refractivity contribution in [1.82, 2.24) is 0 Å². The molecule has 0 aromatic heterocycles. The molecule has 1 fully saturated rings. The Morgan fingerprint density at radius 1 is 1.50 bits per heavy atom. The maximum atomic E-state index is 11.7. The van der Waals surface area contributed by atoms with Crippen molar-refractivity contribution in [2.24, 2.45) is 5.92 Å². The standard InChI is InChI=1S/C11H11ClO2/c1-14-8-4-5-9(10(12)6-8)11(13)7-2-3-7/h4-7H,2-3H2,1H3. The summed E-state index contributed by atoms with van der Waals surface area (Å²) in [6, 6.07) is 5.18. The van der Waals surface area contributed by atoms with Crippen LogP contribution in [-0.2, 0) is 0 Å². The van der Waals surface area contributed by atoms with Crippen LogP contribution in [0.3, 0.4) is 0 Å². The molecule has 0 unspecified atom stereocenters. The van der Waals surface area contributed by atoms with E-state index < -0.39 is 0 Å². The van der Waals surface area contributed by atoms with Crippen molar-refractivity contribution in [2.75, 3.05) is 7.11 Å². The summed E-state index contributed by atoms with van der Waals surface area (Å²) >= 11 is 5.97. The molecule has 14 heavy (non-hydrogen) atoms. The molecular weight excluding hydrogens is 200 g/mol. The number of ketones is 1. The van der Waals surface area contributed by atoms with Crippen molar-refractivity contribution in [3.63, 3.8) is 0 Å². The first-order valence-electron chi connectivity index (χ1n) is 4.60. The van der Waals surface area contributed by atoms with Crippen molar-refractivity contribution in [3.05, 3.63) is 28.8 Å². The highest BCUT2D eigenvalue weighted by molar-refractivity contribution is 6.34. The molecule has 0 saturated heterocycles. The quantitative estimate of drug-likeness (QED) is 0.717. The van der Waals surface area contributed by atoms with Gasteiger partial charge in [-0.05, 0) is 31.0 Å². The molecule has 1 aliphatic carbocycles. The number of carbonyl (C=O) groups excluding carboxylic acids is 1. The van der Waals surface area contributed by atoms with Crippen LogP contribution >= 0.6 is 11.6 Å². The minimum Gasteiger partial charge on any atom is -0.497 e. The van der Waals surface area contributed by atoms with Gasteiger partial charge in [0.1, 0.15) is 5.75 Å². The third kappa shape index (κ3) is 1.75. The summed E-state index contributed by atoms with van der Waals surface area (Å²) in [6.45, 7) is 0. The summed E-state index contributed by atoms with van der Waals surface area (Å²) in [5.41, 5.74) is 0.620. The summed E-state index contributed by atoms with van der Waals surface area (Å²) in [5.74, 6) is 1.06. The zero-order valence-electron chi connectivity index (χ0n) is 7.92. The maximum absolute atomic E-state index is 11.7. The van der Waals surface area contributed by atoms with E-state index in [0.717, 1.165) is 12.8 Å². The Balaban J connectivity index is 2.29. The fraction of sp³-hybridized carbons (Fsp3) is 0.364. The first-order valence-corrected chi connectivity index (χ1v) is 4.98. The average molecular weight is 211 g/mol. The molecule has 2 rings (SSSR count). The minimum atomic E-state index is 0.164. The van der Waals surface area contributed by atoms with E-state index in [4.69, 9.17) is 16.3 Å². The van der Waals surface area contributed by atoms with Crippen molar-refractivity contribution >= 4 is 17.4 Å². The molecule has 1 aliphatic rings. The van der Waals surface area contributed by atoms with E-state index in [1.54, 1.807) is 25.3 Å². The monoisotopic (exact) mass is 210 g/mol. The molecule has 0 radical (unpaired) electrons. The number of methoxy groups -OCH3 is 1. The molecule has 3 heteroatoms. The zero-order chi connectivity index (χ0) is 10.1. The Hall–Kier alpha value is -1.02. The van der Waals surface area contributed by atoms with Gasteiger partial charge in [-0.1, -0.05) is 11.6 Å². The molecule has 2 nitrogen and oxygen atoms in total. The highest BCUT2D eigenvalue weighted by Gasteiger charge is 2.31. The maximum Gasteiger partial charge on any atom is 0.167 e. The molecule has 0 aliphatic heterocycles. The molecule has 0 amide bonds. The molecule has 0 N–H and O–H groups in total. The van der Waals surface area contributed by atoms with E-state index in [2.05, 4.69) is 0 Å². The van der Waals surface area contributed by atoms with Crippen LogP contribution in [0.4, 0.5) is 0 Å². The second kappa shape index (κ2) is 3.62. The summed E-state index contributed by atoms with van der Waals surface area (Å²) in [5, 5.41) is 0.487. The molecule has 0 atom stereocenters. The van der Waals surface area contributed by atoms with Crippen molar-refractivity contribution < 1.29 is 9.53 Å². The van der Waals surface area contributed by atoms with Crippen LogP contribution in [0.1, 0.15) is 23.2 Å². The third-order valence-corrected chi connectivity index (χ3v) is 2.70. The highest BCUT2D eigenvalue weighted by atomic mass is 35.5. The van der Waals surface area contributed by atoms with Crippen molar-refractivity contribution in [1.29, 1.82) is 0 Å². The molecule has 1 saturated carbocycles. The van der Waals surface area contributed by atoms with Gasteiger partial charge in [-0.25, -0.2) is 0 Å². The van der Waals surface area contributed by atoms with Crippen LogP contribution in [0.5, 0.6) is 5.75 Å². The molecule has 0 heterocycles. The number of hydrogen-bond acceptors (Lipinski definition) is 2. The van der Waals surface area contributed by atoms with Gasteiger partial charge < -0.3 is 4.74 Å². The SMILES string of the molecule is COc1ccc(C(=O)C2CC2)c(Cl)c1. The topological polar surface area (TPSA) is 26.3 Å². The van der Waals surface area contributed by atoms with E-state index in [-0.39, 0.29) is 11.7 Å². The van der Waals surface area contributed by atoms with Gasteiger partial charge >= 0.3 is 0 Å². The van der Waals surface area contributed by atoms with Crippen molar-refractivity contribution in [3.8, 4) is 5.75 Å². The fourth-order valence-corrected chi connectivity index (χ4v) is 1.65. The minimum absolute atomic E-state index is 0.164. The number of halogens is 1. The predicted octanol–water partition coefficient (Wildman–Crippen LogP) is 2.94. The fourth-order valence-electron chi connectivity index (χ4n) is 1.39. The van der Waals surface area contributed by atoms with Gasteiger partial charge in [0.15, 0.2) is 5.78 Å². The van der Waals surface area contributed by atoms with Crippen LogP contribution in [0.25, 0.3) is 0 Å². The van der Waals surface area contributed by atoms with E-state index >= 15 is 0 Å². The van der Waals surface area contributed by atoms with E-state index in [9.17, 15) is 4.79 Å². The molecule has 1 aromatic carbocycles. The summed E-state index contributed by atoms with van der Waals surface area (Å²) in [6.07, 6.45) is 2.00. The Bertz CT molecular complexity index is 370. The molecule has 0 bridgehead atoms. The van der Waals surface area contributed by atoms with E-state index in [1.807, 2.05) is 0 Å². The van der Waals surface area contributed by atoms with Gasteiger partial charge in [-0.15, -0.1) is 0 Å². The second-order valence-corrected chi connectivity index (χ2v) is 3.89. The zero-order valence-corrected chi connectivity index (χ0v) is 8.67. The molecule has 74 valence electrons. The number of Topliss-reactive ketones (excluding diaryl/α,β-unsaturated/α-hetero) is 1. The van der Waals surface area contributed by atoms with Gasteiger partial charge in [0.25, 0.3) is 0 Å². The van der Waals surface area contributed by atoms with Gasteiger partial charge in [0, 0.05) is 11.5 Å². The second-order valence-electron chi connectivity index (χ2n) is 3.48. The van der Waals surface area contributed by atoms with Gasteiger partial charge in [-0.2, -0.15) is 0 Å². The highest BCUT2D eigenvalue weighted by Crippen LogP contribution is 2.35. The third-order valence-electron chi connectivity index (χ3n) is 2.39. The summed E-state index contributed by atoms with van der Waals surface area (Å²) < 4.78 is 5.01. The molecule has 0 spiro atoms. The van der Waals surface area contributed by atoms with Crippen LogP contribution in [0.2, 0.25) is 5.02 Å². The van der Waals surface area contributed by atoms with Gasteiger partial charge in [0.2, 0.25) is 0 Å². The lowest BCUT2D eigenvalue weighted by Gasteiger charge is -2.04. The first-order chi connectivity index (χ1) is 6.72. The lowest BCUT2D eigenvalue weighted by atomic mass is 10.1. The largest absolute Gasteiger partial charge is 0.497 e. The van der Waals surface area contributed by atoms with Crippen LogP contribution in [0.15, 0.2) is 18.2 Å². The van der Waals surface area contributed by atoms with Crippen LogP contribution < -0.4 is 4.74 Å². The van der Waals surface area contributed by atoms with Crippen LogP contribution in [-0.4, -0.2) is 12.9 Å². The van der Waals surface area contributed by atoms with Gasteiger partial charge in [-0.3, -0.25) is 4.79 Å². The lowest BCUT2D eigenvalue weighted by molar-refractivity contribution is 0.0968. The smallest absolute Gasteiger partial charge is 0.167 e. The number of benzene rings is 1. The average Bonchev–Trinajstić information content (AvgIpc) is 3.00. The number of ether oxygens (including phenoxy) is 1. The molecule has 1 aromatic rings. The summed E-state index contributed by atoms with van der Waals surface area (Å²) in [7, 11) is 1.58. The molecular formula is C11H11ClO2.